The fourth-order valence-electron chi connectivity index (χ4n) is 3.07. The first-order valence-corrected chi connectivity index (χ1v) is 9.38. The van der Waals surface area contributed by atoms with Crippen LogP contribution in [0.1, 0.15) is 57.1 Å². The van der Waals surface area contributed by atoms with Crippen molar-refractivity contribution < 1.29 is 13.9 Å². The van der Waals surface area contributed by atoms with E-state index in [1.807, 2.05) is 32.9 Å². The van der Waals surface area contributed by atoms with Gasteiger partial charge in [0, 0.05) is 23.1 Å². The van der Waals surface area contributed by atoms with E-state index in [9.17, 15) is 9.59 Å². The highest BCUT2D eigenvalue weighted by Crippen LogP contribution is 2.28. The van der Waals surface area contributed by atoms with Crippen molar-refractivity contribution in [3.8, 4) is 5.75 Å². The van der Waals surface area contributed by atoms with E-state index < -0.39 is 0 Å². The third-order valence-corrected chi connectivity index (χ3v) is 4.57. The van der Waals surface area contributed by atoms with Gasteiger partial charge in [-0.15, -0.1) is 0 Å². The third kappa shape index (κ3) is 5.35. The molecule has 5 heteroatoms. The van der Waals surface area contributed by atoms with Crippen LogP contribution < -0.4 is 15.7 Å². The lowest BCUT2D eigenvalue weighted by molar-refractivity contribution is -0.123. The van der Waals surface area contributed by atoms with Crippen LogP contribution in [0, 0.1) is 13.8 Å². The third-order valence-electron chi connectivity index (χ3n) is 4.57. The molecule has 26 heavy (non-hydrogen) atoms. The zero-order valence-electron chi connectivity index (χ0n) is 16.2. The largest absolute Gasteiger partial charge is 0.483 e. The Hall–Kier alpha value is -2.30. The summed E-state index contributed by atoms with van der Waals surface area (Å²) in [5, 5.41) is 3.84. The molecule has 2 aromatic rings. The predicted molar refractivity (Wildman–Crippen MR) is 104 cm³/mol. The van der Waals surface area contributed by atoms with Gasteiger partial charge in [-0.1, -0.05) is 32.6 Å². The maximum absolute atomic E-state index is 12.1. The number of aryl methyl sites for hydroxylation is 2. The summed E-state index contributed by atoms with van der Waals surface area (Å²) in [4.78, 5) is 23.7. The number of fused-ring (bicyclic) bond motifs is 1. The standard InChI is InChI=1S/C21H29NO4/c1-5-6-7-8-9-15(3)22-19(23)13-25-18-11-10-17-14(2)12-20(24)26-21(17)16(18)4/h10-12,15H,5-9,13H2,1-4H3,(H,22,23)/t15-/m0/s1. The quantitative estimate of drug-likeness (QED) is 0.536. The molecule has 0 aliphatic carbocycles. The van der Waals surface area contributed by atoms with Crippen molar-refractivity contribution in [3.05, 3.63) is 39.7 Å². The fourth-order valence-corrected chi connectivity index (χ4v) is 3.07. The molecule has 142 valence electrons. The normalized spacial score (nSPS) is 12.2. The Balaban J connectivity index is 1.94. The van der Waals surface area contributed by atoms with Crippen LogP contribution in [0.5, 0.6) is 5.75 Å². The number of amides is 1. The number of ether oxygens (including phenoxy) is 1. The number of hydrogen-bond acceptors (Lipinski definition) is 4. The lowest BCUT2D eigenvalue weighted by Crippen LogP contribution is -2.36. The average molecular weight is 359 g/mol. The SMILES string of the molecule is CCCCCC[C@H](C)NC(=O)COc1ccc2c(C)cc(=O)oc2c1C. The molecular weight excluding hydrogens is 330 g/mol. The van der Waals surface area contributed by atoms with Crippen molar-refractivity contribution in [1.29, 1.82) is 0 Å². The molecule has 1 atom stereocenters. The van der Waals surface area contributed by atoms with E-state index in [0.717, 1.165) is 29.4 Å². The summed E-state index contributed by atoms with van der Waals surface area (Å²) in [6.07, 6.45) is 5.75. The maximum atomic E-state index is 12.1. The van der Waals surface area contributed by atoms with E-state index in [-0.39, 0.29) is 24.2 Å². The fraction of sp³-hybridized carbons (Fsp3) is 0.524. The highest BCUT2D eigenvalue weighted by molar-refractivity contribution is 5.85. The van der Waals surface area contributed by atoms with Crippen LogP contribution >= 0.6 is 0 Å². The van der Waals surface area contributed by atoms with Crippen LogP contribution in [-0.4, -0.2) is 18.6 Å². The first-order valence-electron chi connectivity index (χ1n) is 9.38. The van der Waals surface area contributed by atoms with Crippen LogP contribution in [0.15, 0.2) is 27.4 Å². The van der Waals surface area contributed by atoms with Gasteiger partial charge >= 0.3 is 5.63 Å². The molecular formula is C21H29NO4. The first kappa shape index (κ1) is 20.0. The molecule has 0 radical (unpaired) electrons. The summed E-state index contributed by atoms with van der Waals surface area (Å²) in [5.74, 6) is 0.412. The number of rotatable bonds is 9. The van der Waals surface area contributed by atoms with E-state index in [2.05, 4.69) is 12.2 Å². The lowest BCUT2D eigenvalue weighted by Gasteiger charge is -2.15. The summed E-state index contributed by atoms with van der Waals surface area (Å²) in [7, 11) is 0. The summed E-state index contributed by atoms with van der Waals surface area (Å²) in [6, 6.07) is 5.27. The van der Waals surface area contributed by atoms with Crippen molar-refractivity contribution in [2.45, 2.75) is 65.8 Å². The summed E-state index contributed by atoms with van der Waals surface area (Å²) in [5.41, 5.74) is 1.71. The molecule has 1 aromatic heterocycles. The zero-order chi connectivity index (χ0) is 19.1. The van der Waals surface area contributed by atoms with Gasteiger partial charge in [-0.2, -0.15) is 0 Å². The van der Waals surface area contributed by atoms with Crippen molar-refractivity contribution in [1.82, 2.24) is 5.32 Å². The van der Waals surface area contributed by atoms with Gasteiger partial charge in [0.2, 0.25) is 0 Å². The van der Waals surface area contributed by atoms with Crippen molar-refractivity contribution >= 4 is 16.9 Å². The van der Waals surface area contributed by atoms with Crippen LogP contribution in [-0.2, 0) is 4.79 Å². The van der Waals surface area contributed by atoms with Crippen LogP contribution in [0.2, 0.25) is 0 Å². The number of benzene rings is 1. The Morgan fingerprint density at radius 3 is 2.73 bits per heavy atom. The molecule has 2 rings (SSSR count). The number of unbranched alkanes of at least 4 members (excludes halogenated alkanes) is 3. The van der Waals surface area contributed by atoms with Crippen LogP contribution in [0.4, 0.5) is 0 Å². The minimum absolute atomic E-state index is 0.0539. The minimum Gasteiger partial charge on any atom is -0.483 e. The summed E-state index contributed by atoms with van der Waals surface area (Å²) >= 11 is 0. The van der Waals surface area contributed by atoms with E-state index in [1.165, 1.54) is 25.3 Å². The van der Waals surface area contributed by atoms with Gasteiger partial charge in [0.15, 0.2) is 6.61 Å². The molecule has 0 unspecified atom stereocenters. The van der Waals surface area contributed by atoms with E-state index in [0.29, 0.717) is 11.3 Å². The van der Waals surface area contributed by atoms with Gasteiger partial charge < -0.3 is 14.5 Å². The molecule has 1 heterocycles. The second-order valence-corrected chi connectivity index (χ2v) is 6.92. The summed E-state index contributed by atoms with van der Waals surface area (Å²) < 4.78 is 11.0. The molecule has 0 aliphatic heterocycles. The Bertz CT molecular complexity index is 809. The highest BCUT2D eigenvalue weighted by Gasteiger charge is 2.12. The molecule has 1 aromatic carbocycles. The van der Waals surface area contributed by atoms with Crippen molar-refractivity contribution in [2.75, 3.05) is 6.61 Å². The second-order valence-electron chi connectivity index (χ2n) is 6.92. The van der Waals surface area contributed by atoms with E-state index in [1.54, 1.807) is 0 Å². The predicted octanol–water partition coefficient (Wildman–Crippen LogP) is 4.26. The minimum atomic E-state index is -0.384. The Labute approximate surface area is 154 Å². The Morgan fingerprint density at radius 1 is 1.23 bits per heavy atom. The summed E-state index contributed by atoms with van der Waals surface area (Å²) in [6.45, 7) is 7.84. The lowest BCUT2D eigenvalue weighted by atomic mass is 10.1. The Morgan fingerprint density at radius 2 is 2.00 bits per heavy atom. The van der Waals surface area contributed by atoms with Gasteiger partial charge in [-0.25, -0.2) is 4.79 Å². The van der Waals surface area contributed by atoms with Gasteiger partial charge in [-0.3, -0.25) is 4.79 Å². The van der Waals surface area contributed by atoms with Crippen LogP contribution in [0.25, 0.3) is 11.0 Å². The molecule has 0 fully saturated rings. The van der Waals surface area contributed by atoms with Crippen molar-refractivity contribution in [3.63, 3.8) is 0 Å². The van der Waals surface area contributed by atoms with Gasteiger partial charge in [-0.05, 0) is 44.9 Å². The number of hydrogen-bond donors (Lipinski definition) is 1. The first-order chi connectivity index (χ1) is 12.4. The zero-order valence-corrected chi connectivity index (χ0v) is 16.2. The molecule has 5 nitrogen and oxygen atoms in total. The van der Waals surface area contributed by atoms with Crippen molar-refractivity contribution in [2.24, 2.45) is 0 Å². The highest BCUT2D eigenvalue weighted by atomic mass is 16.5. The van der Waals surface area contributed by atoms with E-state index in [4.69, 9.17) is 9.15 Å². The van der Waals surface area contributed by atoms with E-state index >= 15 is 0 Å². The average Bonchev–Trinajstić information content (AvgIpc) is 2.58. The second kappa shape index (κ2) is 9.41. The number of nitrogens with one attached hydrogen (secondary N) is 1. The smallest absolute Gasteiger partial charge is 0.336 e. The van der Waals surface area contributed by atoms with Gasteiger partial charge in [0.1, 0.15) is 11.3 Å². The number of carbonyl (C=O) groups is 1. The maximum Gasteiger partial charge on any atom is 0.336 e. The van der Waals surface area contributed by atoms with Crippen LogP contribution in [0.3, 0.4) is 0 Å². The molecule has 0 bridgehead atoms. The molecule has 0 saturated heterocycles. The molecule has 1 N–H and O–H groups in total. The van der Waals surface area contributed by atoms with Gasteiger partial charge in [0.25, 0.3) is 5.91 Å². The van der Waals surface area contributed by atoms with Gasteiger partial charge in [0.05, 0.1) is 0 Å². The number of carbonyl (C=O) groups excluding carboxylic acids is 1. The topological polar surface area (TPSA) is 68.5 Å². The molecule has 0 saturated carbocycles. The molecule has 0 aliphatic rings. The molecule has 1 amide bonds. The Kier molecular flexibility index (Phi) is 7.25. The molecule has 0 spiro atoms. The monoisotopic (exact) mass is 359 g/mol.